The summed E-state index contributed by atoms with van der Waals surface area (Å²) in [6.45, 7) is 4.98. The van der Waals surface area contributed by atoms with E-state index in [1.54, 1.807) is 25.4 Å². The summed E-state index contributed by atoms with van der Waals surface area (Å²) in [6.07, 6.45) is 5.58. The van der Waals surface area contributed by atoms with Crippen molar-refractivity contribution >= 4 is 5.91 Å². The number of ether oxygens (including phenoxy) is 1. The Balaban J connectivity index is 1.47. The summed E-state index contributed by atoms with van der Waals surface area (Å²) in [6, 6.07) is 12.5. The lowest BCUT2D eigenvalue weighted by Gasteiger charge is -2.31. The number of aromatic amines is 1. The first-order chi connectivity index (χ1) is 15.6. The van der Waals surface area contributed by atoms with Gasteiger partial charge in [-0.2, -0.15) is 0 Å². The highest BCUT2D eigenvalue weighted by Gasteiger charge is 2.26. The van der Waals surface area contributed by atoms with Crippen LogP contribution in [0, 0.1) is 0 Å². The third-order valence-corrected chi connectivity index (χ3v) is 5.75. The van der Waals surface area contributed by atoms with Crippen LogP contribution in [-0.4, -0.2) is 46.0 Å². The molecule has 1 fully saturated rings. The summed E-state index contributed by atoms with van der Waals surface area (Å²) >= 11 is 0. The molecule has 1 aliphatic heterocycles. The van der Waals surface area contributed by atoms with Crippen molar-refractivity contribution in [3.05, 3.63) is 88.6 Å². The van der Waals surface area contributed by atoms with Crippen molar-refractivity contribution in [2.75, 3.05) is 20.2 Å². The van der Waals surface area contributed by atoms with E-state index in [4.69, 9.17) is 4.74 Å². The number of piperidine rings is 1. The molecule has 1 saturated heterocycles. The number of nitrogens with one attached hydrogen (secondary N) is 1. The minimum atomic E-state index is -0.192. The van der Waals surface area contributed by atoms with Gasteiger partial charge in [0.2, 0.25) is 0 Å². The van der Waals surface area contributed by atoms with Crippen LogP contribution >= 0.6 is 0 Å². The van der Waals surface area contributed by atoms with Gasteiger partial charge in [-0.25, -0.2) is 4.98 Å². The van der Waals surface area contributed by atoms with E-state index in [0.29, 0.717) is 42.3 Å². The second-order valence-electron chi connectivity index (χ2n) is 7.82. The number of carbonyl (C=O) groups is 1. The molecule has 3 heterocycles. The Kier molecular flexibility index (Phi) is 6.44. The minimum absolute atomic E-state index is 0.0000965. The topological polar surface area (TPSA) is 88.2 Å². The van der Waals surface area contributed by atoms with Crippen LogP contribution in [0.5, 0.6) is 5.75 Å². The molecule has 0 bridgehead atoms. The highest BCUT2D eigenvalue weighted by Crippen LogP contribution is 2.28. The first kappa shape index (κ1) is 21.5. The number of allylic oxidation sites excluding steroid dienone is 1. The van der Waals surface area contributed by atoms with E-state index in [1.165, 1.54) is 6.07 Å². The summed E-state index contributed by atoms with van der Waals surface area (Å²) in [7, 11) is 1.62. The number of aromatic nitrogens is 3. The Morgan fingerprint density at radius 2 is 2.03 bits per heavy atom. The number of pyridine rings is 1. The number of methoxy groups -OCH3 is 1. The van der Waals surface area contributed by atoms with Crippen LogP contribution in [-0.2, 0) is 6.42 Å². The second-order valence-corrected chi connectivity index (χ2v) is 7.82. The van der Waals surface area contributed by atoms with Crippen molar-refractivity contribution in [1.82, 2.24) is 19.9 Å². The molecule has 0 saturated carbocycles. The Morgan fingerprint density at radius 3 is 2.72 bits per heavy atom. The first-order valence-electron chi connectivity index (χ1n) is 10.7. The fourth-order valence-corrected chi connectivity index (χ4v) is 4.08. The molecule has 7 heteroatoms. The number of benzene rings is 1. The first-order valence-corrected chi connectivity index (χ1v) is 10.7. The predicted molar refractivity (Wildman–Crippen MR) is 123 cm³/mol. The van der Waals surface area contributed by atoms with Gasteiger partial charge in [-0.3, -0.25) is 14.6 Å². The third kappa shape index (κ3) is 4.61. The summed E-state index contributed by atoms with van der Waals surface area (Å²) in [5, 5.41) is 0. The van der Waals surface area contributed by atoms with Crippen LogP contribution in [0.1, 0.15) is 40.5 Å². The summed E-state index contributed by atoms with van der Waals surface area (Å²) < 4.78 is 5.38. The number of H-pyrrole nitrogens is 1. The number of nitrogens with zero attached hydrogens (tertiary/aromatic N) is 3. The number of carbonyl (C=O) groups excluding carboxylic acids is 1. The van der Waals surface area contributed by atoms with Crippen LogP contribution in [0.2, 0.25) is 0 Å². The molecule has 1 N–H and O–H groups in total. The van der Waals surface area contributed by atoms with E-state index in [9.17, 15) is 9.59 Å². The maximum Gasteiger partial charge on any atom is 0.253 e. The van der Waals surface area contributed by atoms with Crippen molar-refractivity contribution < 1.29 is 9.53 Å². The van der Waals surface area contributed by atoms with Crippen LogP contribution in [0.25, 0.3) is 11.4 Å². The van der Waals surface area contributed by atoms with Gasteiger partial charge in [-0.15, -0.1) is 6.58 Å². The van der Waals surface area contributed by atoms with Crippen LogP contribution in [0.15, 0.2) is 66.1 Å². The van der Waals surface area contributed by atoms with Crippen molar-refractivity contribution in [2.24, 2.45) is 0 Å². The van der Waals surface area contributed by atoms with Crippen molar-refractivity contribution in [1.29, 1.82) is 0 Å². The molecule has 1 aromatic carbocycles. The molecule has 4 rings (SSSR count). The molecule has 2 aromatic heterocycles. The highest BCUT2D eigenvalue weighted by molar-refractivity contribution is 5.94. The van der Waals surface area contributed by atoms with E-state index in [2.05, 4.69) is 21.5 Å². The van der Waals surface area contributed by atoms with Crippen molar-refractivity contribution in [3.8, 4) is 17.1 Å². The number of likely N-dealkylation sites (tertiary alicyclic amines) is 1. The van der Waals surface area contributed by atoms with Gasteiger partial charge in [0.15, 0.2) is 0 Å². The molecular weight excluding hydrogens is 404 g/mol. The SMILES string of the molecule is C=CCc1cc(C(=O)N2CCC(c3nc(-c4ccccn4)cc(=O)[nH]3)CC2)ccc1OC. The molecule has 0 aliphatic carbocycles. The van der Waals surface area contributed by atoms with Crippen LogP contribution in [0.4, 0.5) is 0 Å². The summed E-state index contributed by atoms with van der Waals surface area (Å²) in [5.41, 5.74) is 2.63. The average Bonchev–Trinajstić information content (AvgIpc) is 2.84. The third-order valence-electron chi connectivity index (χ3n) is 5.75. The van der Waals surface area contributed by atoms with E-state index in [0.717, 1.165) is 24.2 Å². The van der Waals surface area contributed by atoms with Gasteiger partial charge in [0.25, 0.3) is 11.5 Å². The molecule has 0 spiro atoms. The van der Waals surface area contributed by atoms with Crippen molar-refractivity contribution in [2.45, 2.75) is 25.2 Å². The maximum atomic E-state index is 13.1. The van der Waals surface area contributed by atoms with Gasteiger partial charge in [0.05, 0.1) is 18.5 Å². The van der Waals surface area contributed by atoms with E-state index >= 15 is 0 Å². The van der Waals surface area contributed by atoms with Gasteiger partial charge < -0.3 is 14.6 Å². The maximum absolute atomic E-state index is 13.1. The number of rotatable bonds is 6. The molecule has 1 aliphatic rings. The second kappa shape index (κ2) is 9.60. The molecule has 1 amide bonds. The van der Waals surface area contributed by atoms with Gasteiger partial charge >= 0.3 is 0 Å². The van der Waals surface area contributed by atoms with Crippen LogP contribution < -0.4 is 10.3 Å². The standard InChI is InChI=1S/C25H26N4O3/c1-3-6-18-15-19(8-9-22(18)32-2)25(31)29-13-10-17(11-14-29)24-27-21(16-23(30)28-24)20-7-4-5-12-26-20/h3-5,7-9,12,15-17H,1,6,10-11,13-14H2,2H3,(H,27,28,30). The molecule has 32 heavy (non-hydrogen) atoms. The van der Waals surface area contributed by atoms with Crippen molar-refractivity contribution in [3.63, 3.8) is 0 Å². The number of amides is 1. The Morgan fingerprint density at radius 1 is 1.22 bits per heavy atom. The van der Waals surface area contributed by atoms with Gasteiger partial charge in [0, 0.05) is 36.8 Å². The monoisotopic (exact) mass is 430 g/mol. The Hall–Kier alpha value is -3.74. The summed E-state index contributed by atoms with van der Waals surface area (Å²) in [4.78, 5) is 39.0. The normalized spacial score (nSPS) is 14.2. The molecule has 7 nitrogen and oxygen atoms in total. The van der Waals surface area contributed by atoms with Gasteiger partial charge in [-0.05, 0) is 55.2 Å². The zero-order valence-electron chi connectivity index (χ0n) is 18.1. The lowest BCUT2D eigenvalue weighted by Crippen LogP contribution is -2.38. The predicted octanol–water partition coefficient (Wildman–Crippen LogP) is 3.59. The highest BCUT2D eigenvalue weighted by atomic mass is 16.5. The fraction of sp³-hybridized carbons (Fsp3) is 0.280. The molecule has 0 atom stereocenters. The minimum Gasteiger partial charge on any atom is -0.496 e. The lowest BCUT2D eigenvalue weighted by atomic mass is 9.95. The average molecular weight is 431 g/mol. The molecule has 0 unspecified atom stereocenters. The number of hydrogen-bond donors (Lipinski definition) is 1. The fourth-order valence-electron chi connectivity index (χ4n) is 4.08. The molecule has 0 radical (unpaired) electrons. The largest absolute Gasteiger partial charge is 0.496 e. The Bertz CT molecular complexity index is 1170. The molecule has 3 aromatic rings. The molecule has 164 valence electrons. The summed E-state index contributed by atoms with van der Waals surface area (Å²) in [5.74, 6) is 1.49. The van der Waals surface area contributed by atoms with E-state index in [1.807, 2.05) is 35.2 Å². The zero-order chi connectivity index (χ0) is 22.5. The Labute approximate surface area is 186 Å². The van der Waals surface area contributed by atoms with Gasteiger partial charge in [-0.1, -0.05) is 12.1 Å². The molecular formula is C25H26N4O3. The quantitative estimate of drug-likeness (QED) is 0.604. The zero-order valence-corrected chi connectivity index (χ0v) is 18.1. The van der Waals surface area contributed by atoms with E-state index < -0.39 is 0 Å². The smallest absolute Gasteiger partial charge is 0.253 e. The van der Waals surface area contributed by atoms with Crippen LogP contribution in [0.3, 0.4) is 0 Å². The van der Waals surface area contributed by atoms with E-state index in [-0.39, 0.29) is 17.4 Å². The lowest BCUT2D eigenvalue weighted by molar-refractivity contribution is 0.0711. The number of hydrogen-bond acceptors (Lipinski definition) is 5. The van der Waals surface area contributed by atoms with Gasteiger partial charge in [0.1, 0.15) is 11.6 Å².